The lowest BCUT2D eigenvalue weighted by Gasteiger charge is -2.25. The van der Waals surface area contributed by atoms with Crippen LogP contribution in [0.2, 0.25) is 0 Å². The number of amides is 3. The lowest BCUT2D eigenvalue weighted by atomic mass is 9.99. The molecule has 0 bridgehead atoms. The van der Waals surface area contributed by atoms with Crippen molar-refractivity contribution in [1.82, 2.24) is 20.4 Å². The molecule has 0 spiro atoms. The molecule has 1 aliphatic rings. The summed E-state index contributed by atoms with van der Waals surface area (Å²) in [7, 11) is 0. The predicted molar refractivity (Wildman–Crippen MR) is 144 cm³/mol. The highest BCUT2D eigenvalue weighted by atomic mass is 32.1. The zero-order valence-electron chi connectivity index (χ0n) is 21.6. The van der Waals surface area contributed by atoms with E-state index in [0.717, 1.165) is 32.7 Å². The summed E-state index contributed by atoms with van der Waals surface area (Å²) in [5, 5.41) is 9.82. The standard InChI is InChI=1S/C29H25F3N4O3S/c1-3-23-21(25-16(2)14-33-35-25)13-24(40-23)26(37)34-18(12-17-8-4-7-11-22(17)29(30,31)32)15-36-27(38)19-9-5-6-10-20(19)28(36)39/h4-11,13-14,18H,3,12,15H2,1-2H3,(H,33,35)(H,34,37)/t18-/m0/s1. The Balaban J connectivity index is 1.46. The molecule has 0 saturated carbocycles. The summed E-state index contributed by atoms with van der Waals surface area (Å²) in [6.45, 7) is 3.57. The van der Waals surface area contributed by atoms with Crippen molar-refractivity contribution in [3.8, 4) is 11.3 Å². The van der Waals surface area contributed by atoms with Crippen LogP contribution in [0.25, 0.3) is 11.3 Å². The lowest BCUT2D eigenvalue weighted by Crippen LogP contribution is -2.47. The minimum atomic E-state index is -4.61. The molecule has 0 fully saturated rings. The van der Waals surface area contributed by atoms with E-state index in [1.165, 1.54) is 41.7 Å². The molecule has 2 N–H and O–H groups in total. The van der Waals surface area contributed by atoms with Crippen LogP contribution in [0.5, 0.6) is 0 Å². The van der Waals surface area contributed by atoms with Crippen LogP contribution in [-0.2, 0) is 19.0 Å². The maximum absolute atomic E-state index is 13.8. The Labute approximate surface area is 232 Å². The fraction of sp³-hybridized carbons (Fsp3) is 0.241. The summed E-state index contributed by atoms with van der Waals surface area (Å²) in [4.78, 5) is 41.8. The molecule has 1 atom stereocenters. The van der Waals surface area contributed by atoms with Gasteiger partial charge in [-0.25, -0.2) is 0 Å². The van der Waals surface area contributed by atoms with Gasteiger partial charge in [-0.3, -0.25) is 24.4 Å². The van der Waals surface area contributed by atoms with Gasteiger partial charge in [0.05, 0.1) is 39.5 Å². The second-order valence-electron chi connectivity index (χ2n) is 9.52. The molecular weight excluding hydrogens is 541 g/mol. The molecule has 2 aromatic heterocycles. The smallest absolute Gasteiger partial charge is 0.346 e. The Morgan fingerprint density at radius 1 is 1.05 bits per heavy atom. The Kier molecular flexibility index (Phi) is 7.33. The number of benzene rings is 2. The maximum Gasteiger partial charge on any atom is 0.416 e. The number of thiophene rings is 1. The van der Waals surface area contributed by atoms with Gasteiger partial charge in [-0.15, -0.1) is 11.3 Å². The van der Waals surface area contributed by atoms with Crippen LogP contribution in [0.3, 0.4) is 0 Å². The number of aryl methyl sites for hydroxylation is 2. The molecule has 7 nitrogen and oxygen atoms in total. The van der Waals surface area contributed by atoms with Gasteiger partial charge in [-0.2, -0.15) is 18.3 Å². The van der Waals surface area contributed by atoms with Crippen LogP contribution in [0.15, 0.2) is 60.8 Å². The number of alkyl halides is 3. The summed E-state index contributed by atoms with van der Waals surface area (Å²) < 4.78 is 41.3. The third kappa shape index (κ3) is 5.16. The minimum Gasteiger partial charge on any atom is -0.346 e. The highest BCUT2D eigenvalue weighted by Gasteiger charge is 2.38. The molecule has 4 aromatic rings. The van der Waals surface area contributed by atoms with Gasteiger partial charge in [-0.05, 0) is 55.2 Å². The van der Waals surface area contributed by atoms with Gasteiger partial charge in [0, 0.05) is 17.0 Å². The van der Waals surface area contributed by atoms with Crippen LogP contribution in [0.4, 0.5) is 13.2 Å². The number of rotatable bonds is 8. The molecular formula is C29H25F3N4O3S. The van der Waals surface area contributed by atoms with Gasteiger partial charge in [-0.1, -0.05) is 37.3 Å². The number of fused-ring (bicyclic) bond motifs is 1. The number of H-pyrrole nitrogens is 1. The molecule has 11 heteroatoms. The van der Waals surface area contributed by atoms with E-state index >= 15 is 0 Å². The first-order valence-corrected chi connectivity index (χ1v) is 13.4. The van der Waals surface area contributed by atoms with Gasteiger partial charge in [0.1, 0.15) is 0 Å². The van der Waals surface area contributed by atoms with Crippen LogP contribution in [0.1, 0.15) is 58.9 Å². The zero-order valence-corrected chi connectivity index (χ0v) is 22.4. The molecule has 2 aromatic carbocycles. The lowest BCUT2D eigenvalue weighted by molar-refractivity contribution is -0.138. The zero-order chi connectivity index (χ0) is 28.6. The van der Waals surface area contributed by atoms with Crippen molar-refractivity contribution < 1.29 is 27.6 Å². The SMILES string of the molecule is CCc1sc(C(=O)N[C@@H](Cc2ccccc2C(F)(F)F)CN2C(=O)c3ccccc3C2=O)cc1-c1[nH]ncc1C. The van der Waals surface area contributed by atoms with Crippen LogP contribution in [-0.4, -0.2) is 45.4 Å². The minimum absolute atomic E-state index is 0.0499. The fourth-order valence-electron chi connectivity index (χ4n) is 4.92. The van der Waals surface area contributed by atoms with Gasteiger partial charge in [0.15, 0.2) is 0 Å². The maximum atomic E-state index is 13.8. The largest absolute Gasteiger partial charge is 0.416 e. The summed E-state index contributed by atoms with van der Waals surface area (Å²) >= 11 is 1.28. The summed E-state index contributed by atoms with van der Waals surface area (Å²) in [5.74, 6) is -1.61. The summed E-state index contributed by atoms with van der Waals surface area (Å²) in [5.41, 5.74) is 2.08. The molecule has 40 heavy (non-hydrogen) atoms. The van der Waals surface area contributed by atoms with Crippen molar-refractivity contribution in [1.29, 1.82) is 0 Å². The highest BCUT2D eigenvalue weighted by molar-refractivity contribution is 7.14. The average Bonchev–Trinajstić information content (AvgIpc) is 3.61. The Bertz CT molecular complexity index is 1570. The third-order valence-electron chi connectivity index (χ3n) is 6.86. The predicted octanol–water partition coefficient (Wildman–Crippen LogP) is 5.67. The molecule has 206 valence electrons. The number of aromatic nitrogens is 2. The molecule has 0 unspecified atom stereocenters. The van der Waals surface area contributed by atoms with Gasteiger partial charge < -0.3 is 5.32 Å². The first-order chi connectivity index (χ1) is 19.1. The van der Waals surface area contributed by atoms with E-state index < -0.39 is 35.5 Å². The normalized spacial score (nSPS) is 14.0. The quantitative estimate of drug-likeness (QED) is 0.269. The molecule has 3 amide bonds. The highest BCUT2D eigenvalue weighted by Crippen LogP contribution is 2.34. The van der Waals surface area contributed by atoms with Crippen molar-refractivity contribution in [2.45, 2.75) is 38.9 Å². The van der Waals surface area contributed by atoms with Crippen LogP contribution >= 0.6 is 11.3 Å². The number of halogens is 3. The third-order valence-corrected chi connectivity index (χ3v) is 8.14. The number of nitrogens with zero attached hydrogens (tertiary/aromatic N) is 2. The van der Waals surface area contributed by atoms with Crippen molar-refractivity contribution in [3.63, 3.8) is 0 Å². The van der Waals surface area contributed by atoms with Crippen molar-refractivity contribution in [2.24, 2.45) is 0 Å². The van der Waals surface area contributed by atoms with E-state index in [1.54, 1.807) is 24.4 Å². The second-order valence-corrected chi connectivity index (χ2v) is 10.7. The topological polar surface area (TPSA) is 95.2 Å². The van der Waals surface area contributed by atoms with Crippen molar-refractivity contribution in [2.75, 3.05) is 6.54 Å². The first kappa shape index (κ1) is 27.3. The number of hydrogen-bond donors (Lipinski definition) is 2. The van der Waals surface area contributed by atoms with Crippen molar-refractivity contribution >= 4 is 29.1 Å². The second kappa shape index (κ2) is 10.7. The number of nitrogens with one attached hydrogen (secondary N) is 2. The molecule has 0 saturated heterocycles. The van der Waals surface area contributed by atoms with E-state index in [4.69, 9.17) is 0 Å². The molecule has 3 heterocycles. The van der Waals surface area contributed by atoms with E-state index in [1.807, 2.05) is 13.8 Å². The van der Waals surface area contributed by atoms with E-state index in [0.29, 0.717) is 11.3 Å². The molecule has 5 rings (SSSR count). The van der Waals surface area contributed by atoms with Crippen molar-refractivity contribution in [3.05, 3.63) is 98.4 Å². The van der Waals surface area contributed by atoms with E-state index in [9.17, 15) is 27.6 Å². The number of carbonyl (C=O) groups excluding carboxylic acids is 3. The Morgan fingerprint density at radius 3 is 2.30 bits per heavy atom. The van der Waals surface area contributed by atoms with Gasteiger partial charge in [0.2, 0.25) is 0 Å². The number of hydrogen-bond acceptors (Lipinski definition) is 5. The number of aromatic amines is 1. The van der Waals surface area contributed by atoms with Crippen LogP contribution in [0, 0.1) is 6.92 Å². The van der Waals surface area contributed by atoms with Crippen LogP contribution < -0.4 is 5.32 Å². The summed E-state index contributed by atoms with van der Waals surface area (Å²) in [6, 6.07) is 12.1. The first-order valence-electron chi connectivity index (χ1n) is 12.6. The molecule has 0 aliphatic carbocycles. The van der Waals surface area contributed by atoms with Gasteiger partial charge in [0.25, 0.3) is 17.7 Å². The summed E-state index contributed by atoms with van der Waals surface area (Å²) in [6.07, 6.45) is -2.51. The fourth-order valence-corrected chi connectivity index (χ4v) is 5.93. The monoisotopic (exact) mass is 566 g/mol. The average molecular weight is 567 g/mol. The van der Waals surface area contributed by atoms with Gasteiger partial charge >= 0.3 is 6.18 Å². The van der Waals surface area contributed by atoms with E-state index in [2.05, 4.69) is 15.5 Å². The Morgan fingerprint density at radius 2 is 1.70 bits per heavy atom. The number of carbonyl (C=O) groups is 3. The number of imide groups is 1. The molecule has 0 radical (unpaired) electrons. The van der Waals surface area contributed by atoms with E-state index in [-0.39, 0.29) is 29.7 Å². The Hall–Kier alpha value is -4.25. The molecule has 1 aliphatic heterocycles.